The number of hydrogen-bond acceptors (Lipinski definition) is 6. The molecule has 0 fully saturated rings. The maximum absolute atomic E-state index is 13.0. The summed E-state index contributed by atoms with van der Waals surface area (Å²) in [6.45, 7) is 4.00. The Balaban J connectivity index is 1.45. The zero-order valence-electron chi connectivity index (χ0n) is 21.2. The lowest BCUT2D eigenvalue weighted by Crippen LogP contribution is -2.17. The molecule has 4 aromatic rings. The summed E-state index contributed by atoms with van der Waals surface area (Å²) in [5.41, 5.74) is 1.72. The number of nitrogens with one attached hydrogen (secondary N) is 3. The van der Waals surface area contributed by atoms with Crippen molar-refractivity contribution in [2.45, 2.75) is 23.6 Å². The number of amides is 1. The molecule has 0 aliphatic carbocycles. The van der Waals surface area contributed by atoms with Crippen LogP contribution in [0.3, 0.4) is 0 Å². The number of ether oxygens (including phenoxy) is 1. The summed E-state index contributed by atoms with van der Waals surface area (Å²) in [5.74, 6) is 0.159. The molecule has 0 bridgehead atoms. The first-order valence-corrected chi connectivity index (χ1v) is 14.9. The molecule has 0 spiro atoms. The molecule has 0 aromatic heterocycles. The van der Waals surface area contributed by atoms with Gasteiger partial charge in [-0.25, -0.2) is 16.8 Å². The fourth-order valence-corrected chi connectivity index (χ4v) is 5.91. The molecule has 3 N–H and O–H groups in total. The molecular weight excluding hydrogens is 538 g/mol. The first-order chi connectivity index (χ1) is 18.6. The minimum absolute atomic E-state index is 0.0166. The fraction of sp³-hybridized carbons (Fsp3) is 0.107. The van der Waals surface area contributed by atoms with Crippen LogP contribution in [0.4, 0.5) is 17.1 Å². The van der Waals surface area contributed by atoms with Gasteiger partial charge in [0.1, 0.15) is 5.75 Å². The van der Waals surface area contributed by atoms with E-state index in [0.29, 0.717) is 29.3 Å². The van der Waals surface area contributed by atoms with Crippen LogP contribution in [-0.4, -0.2) is 29.3 Å². The third-order valence-electron chi connectivity index (χ3n) is 5.72. The number of benzene rings is 4. The van der Waals surface area contributed by atoms with Crippen LogP contribution in [0.2, 0.25) is 0 Å². The number of sulfonamides is 2. The van der Waals surface area contributed by atoms with Gasteiger partial charge >= 0.3 is 0 Å². The van der Waals surface area contributed by atoms with Gasteiger partial charge < -0.3 is 10.1 Å². The summed E-state index contributed by atoms with van der Waals surface area (Å²) >= 11 is 0. The highest BCUT2D eigenvalue weighted by molar-refractivity contribution is 7.93. The molecule has 0 atom stereocenters. The Morgan fingerprint density at radius 2 is 1.28 bits per heavy atom. The van der Waals surface area contributed by atoms with Crippen molar-refractivity contribution in [1.82, 2.24) is 0 Å². The van der Waals surface area contributed by atoms with Gasteiger partial charge in [-0.05, 0) is 92.2 Å². The highest BCUT2D eigenvalue weighted by atomic mass is 32.2. The second-order valence-corrected chi connectivity index (χ2v) is 11.8. The van der Waals surface area contributed by atoms with E-state index in [1.165, 1.54) is 36.4 Å². The lowest BCUT2D eigenvalue weighted by molar-refractivity contribution is 0.102. The second kappa shape index (κ2) is 11.6. The Morgan fingerprint density at radius 1 is 0.692 bits per heavy atom. The quantitative estimate of drug-likeness (QED) is 0.241. The Bertz CT molecular complexity index is 1670. The molecule has 0 radical (unpaired) electrons. The molecule has 0 saturated carbocycles. The van der Waals surface area contributed by atoms with Crippen molar-refractivity contribution in [2.24, 2.45) is 0 Å². The predicted octanol–water partition coefficient (Wildman–Crippen LogP) is 5.25. The Morgan fingerprint density at radius 3 is 1.92 bits per heavy atom. The van der Waals surface area contributed by atoms with Crippen molar-refractivity contribution >= 4 is 43.0 Å². The van der Waals surface area contributed by atoms with E-state index in [1.807, 2.05) is 6.92 Å². The van der Waals surface area contributed by atoms with E-state index in [4.69, 9.17) is 4.74 Å². The minimum Gasteiger partial charge on any atom is -0.494 e. The Hall–Kier alpha value is -4.35. The molecule has 11 heteroatoms. The van der Waals surface area contributed by atoms with Gasteiger partial charge in [-0.1, -0.05) is 24.3 Å². The highest BCUT2D eigenvalue weighted by Crippen LogP contribution is 2.25. The van der Waals surface area contributed by atoms with Gasteiger partial charge in [0, 0.05) is 16.9 Å². The molecule has 1 amide bonds. The molecule has 0 saturated heterocycles. The summed E-state index contributed by atoms with van der Waals surface area (Å²) in [5, 5.41) is 2.72. The Kier molecular flexibility index (Phi) is 8.22. The van der Waals surface area contributed by atoms with Crippen molar-refractivity contribution < 1.29 is 26.4 Å². The van der Waals surface area contributed by atoms with Crippen LogP contribution in [0.15, 0.2) is 107 Å². The molecular formula is C28H27N3O6S2. The summed E-state index contributed by atoms with van der Waals surface area (Å²) in [6.07, 6.45) is 0. The third-order valence-corrected chi connectivity index (χ3v) is 8.49. The molecule has 202 valence electrons. The molecule has 0 unspecified atom stereocenters. The summed E-state index contributed by atoms with van der Waals surface area (Å²) in [7, 11) is -7.69. The van der Waals surface area contributed by atoms with Crippen molar-refractivity contribution in [3.8, 4) is 5.75 Å². The van der Waals surface area contributed by atoms with Crippen molar-refractivity contribution in [3.63, 3.8) is 0 Å². The average Bonchev–Trinajstić information content (AvgIpc) is 2.92. The number of anilines is 3. The lowest BCUT2D eigenvalue weighted by Gasteiger charge is -2.14. The van der Waals surface area contributed by atoms with E-state index in [9.17, 15) is 21.6 Å². The predicted molar refractivity (Wildman–Crippen MR) is 151 cm³/mol. The first-order valence-electron chi connectivity index (χ1n) is 11.9. The second-order valence-electron chi connectivity index (χ2n) is 8.44. The van der Waals surface area contributed by atoms with Crippen LogP contribution in [0.1, 0.15) is 22.8 Å². The first kappa shape index (κ1) is 27.7. The van der Waals surface area contributed by atoms with E-state index in [1.54, 1.807) is 67.6 Å². The van der Waals surface area contributed by atoms with Crippen molar-refractivity contribution in [1.29, 1.82) is 0 Å². The topological polar surface area (TPSA) is 131 Å². The monoisotopic (exact) mass is 565 g/mol. The van der Waals surface area contributed by atoms with E-state index in [0.717, 1.165) is 0 Å². The molecule has 9 nitrogen and oxygen atoms in total. The van der Waals surface area contributed by atoms with Crippen LogP contribution < -0.4 is 19.5 Å². The van der Waals surface area contributed by atoms with Gasteiger partial charge in [-0.2, -0.15) is 0 Å². The zero-order valence-corrected chi connectivity index (χ0v) is 22.8. The molecule has 39 heavy (non-hydrogen) atoms. The largest absolute Gasteiger partial charge is 0.494 e. The maximum atomic E-state index is 13.0. The Labute approximate surface area is 228 Å². The van der Waals surface area contributed by atoms with Crippen LogP contribution in [0.25, 0.3) is 0 Å². The number of carbonyl (C=O) groups excluding carboxylic acids is 1. The van der Waals surface area contributed by atoms with Crippen LogP contribution in [0.5, 0.6) is 5.75 Å². The maximum Gasteiger partial charge on any atom is 0.261 e. The van der Waals surface area contributed by atoms with Gasteiger partial charge in [0.05, 0.1) is 22.1 Å². The fourth-order valence-electron chi connectivity index (χ4n) is 3.71. The third kappa shape index (κ3) is 6.75. The van der Waals surface area contributed by atoms with Crippen LogP contribution in [-0.2, 0) is 20.0 Å². The molecule has 0 aliphatic heterocycles. The highest BCUT2D eigenvalue weighted by Gasteiger charge is 2.19. The molecule has 4 rings (SSSR count). The molecule has 4 aromatic carbocycles. The van der Waals surface area contributed by atoms with E-state index >= 15 is 0 Å². The van der Waals surface area contributed by atoms with Gasteiger partial charge in [0.2, 0.25) is 0 Å². The SMILES string of the molecule is CCOc1ccc(NS(=O)(=O)c2ccc(NC(=O)c3cccc(NS(=O)(=O)c4ccccc4)c3C)cc2)cc1. The normalized spacial score (nSPS) is 11.4. The lowest BCUT2D eigenvalue weighted by atomic mass is 10.1. The molecule has 0 heterocycles. The zero-order chi connectivity index (χ0) is 28.0. The van der Waals surface area contributed by atoms with Crippen LogP contribution in [0, 0.1) is 6.92 Å². The summed E-state index contributed by atoms with van der Waals surface area (Å²) < 4.78 is 61.4. The van der Waals surface area contributed by atoms with Gasteiger partial charge in [-0.3, -0.25) is 14.2 Å². The minimum atomic E-state index is -3.86. The summed E-state index contributed by atoms with van der Waals surface area (Å²) in [6, 6.07) is 24.9. The smallest absolute Gasteiger partial charge is 0.261 e. The van der Waals surface area contributed by atoms with Crippen LogP contribution >= 0.6 is 0 Å². The van der Waals surface area contributed by atoms with Crippen molar-refractivity contribution in [3.05, 3.63) is 108 Å². The average molecular weight is 566 g/mol. The van der Waals surface area contributed by atoms with Gasteiger partial charge in [0.15, 0.2) is 0 Å². The van der Waals surface area contributed by atoms with E-state index < -0.39 is 26.0 Å². The number of carbonyl (C=O) groups is 1. The number of hydrogen-bond donors (Lipinski definition) is 3. The van der Waals surface area contributed by atoms with E-state index in [2.05, 4.69) is 14.8 Å². The molecule has 0 aliphatic rings. The van der Waals surface area contributed by atoms with Gasteiger partial charge in [-0.15, -0.1) is 0 Å². The van der Waals surface area contributed by atoms with Gasteiger partial charge in [0.25, 0.3) is 26.0 Å². The van der Waals surface area contributed by atoms with E-state index in [-0.39, 0.29) is 21.0 Å². The summed E-state index contributed by atoms with van der Waals surface area (Å²) in [4.78, 5) is 13.1. The van der Waals surface area contributed by atoms with Crippen molar-refractivity contribution in [2.75, 3.05) is 21.4 Å². The number of rotatable bonds is 10. The standard InChI is InChI=1S/C28H27N3O6S2/c1-3-37-23-16-12-22(13-17-23)30-38(33,34)25-18-14-21(15-19-25)29-28(32)26-10-7-11-27(20(26)2)31-39(35,36)24-8-5-4-6-9-24/h4-19,30-31H,3H2,1-2H3,(H,29,32).